The van der Waals surface area contributed by atoms with Gasteiger partial charge in [-0.3, -0.25) is 0 Å². The van der Waals surface area contributed by atoms with Crippen LogP contribution in [0.5, 0.6) is 0 Å². The molecule has 0 saturated heterocycles. The molecule has 0 aromatic carbocycles. The van der Waals surface area contributed by atoms with Gasteiger partial charge in [0.05, 0.1) is 5.39 Å². The standard InChI is InChI=1S/C11H13N5/c1-3-7(4-2)14-11-15-9(12)8-5-6-13-10(8)16-11/h3-6H,1H2,2H3,(H4,12,13,14,15,16)/b7-4+. The number of rotatable bonds is 3. The molecule has 2 heterocycles. The van der Waals surface area contributed by atoms with Crippen LogP contribution in [0.4, 0.5) is 11.8 Å². The maximum atomic E-state index is 5.80. The third kappa shape index (κ3) is 1.75. The number of hydrogen-bond acceptors (Lipinski definition) is 4. The van der Waals surface area contributed by atoms with Crippen molar-refractivity contribution in [2.75, 3.05) is 11.1 Å². The Morgan fingerprint density at radius 1 is 1.56 bits per heavy atom. The van der Waals surface area contributed by atoms with E-state index in [1.54, 1.807) is 12.3 Å². The molecule has 0 spiro atoms. The van der Waals surface area contributed by atoms with Crippen LogP contribution in [0.15, 0.2) is 36.7 Å². The van der Waals surface area contributed by atoms with Crippen LogP contribution in [-0.4, -0.2) is 15.0 Å². The molecule has 0 atom stereocenters. The SMILES string of the molecule is C=C/C(=C\C)Nc1nc(N)c2cc[nH]c2n1. The van der Waals surface area contributed by atoms with Crippen molar-refractivity contribution in [2.24, 2.45) is 0 Å². The van der Waals surface area contributed by atoms with E-state index < -0.39 is 0 Å². The van der Waals surface area contributed by atoms with Crippen molar-refractivity contribution in [1.82, 2.24) is 15.0 Å². The second-order valence-corrected chi connectivity index (χ2v) is 3.25. The van der Waals surface area contributed by atoms with E-state index in [9.17, 15) is 0 Å². The summed E-state index contributed by atoms with van der Waals surface area (Å²) in [6.07, 6.45) is 5.35. The monoisotopic (exact) mass is 215 g/mol. The van der Waals surface area contributed by atoms with E-state index in [1.807, 2.05) is 19.1 Å². The molecule has 0 aliphatic rings. The summed E-state index contributed by atoms with van der Waals surface area (Å²) in [5, 5.41) is 3.85. The highest BCUT2D eigenvalue weighted by atomic mass is 15.1. The van der Waals surface area contributed by atoms with Crippen molar-refractivity contribution < 1.29 is 0 Å². The Balaban J connectivity index is 2.42. The second-order valence-electron chi connectivity index (χ2n) is 3.25. The van der Waals surface area contributed by atoms with Crippen molar-refractivity contribution in [2.45, 2.75) is 6.92 Å². The molecular weight excluding hydrogens is 202 g/mol. The molecule has 4 N–H and O–H groups in total. The Bertz CT molecular complexity index is 553. The average molecular weight is 215 g/mol. The van der Waals surface area contributed by atoms with Gasteiger partial charge < -0.3 is 16.0 Å². The number of fused-ring (bicyclic) bond motifs is 1. The Hall–Kier alpha value is -2.30. The van der Waals surface area contributed by atoms with Gasteiger partial charge >= 0.3 is 0 Å². The number of nitrogens with one attached hydrogen (secondary N) is 2. The Morgan fingerprint density at radius 2 is 2.38 bits per heavy atom. The topological polar surface area (TPSA) is 79.6 Å². The molecule has 0 unspecified atom stereocenters. The van der Waals surface area contributed by atoms with E-state index in [0.29, 0.717) is 11.8 Å². The number of allylic oxidation sites excluding steroid dienone is 2. The van der Waals surface area contributed by atoms with Gasteiger partial charge in [-0.15, -0.1) is 0 Å². The van der Waals surface area contributed by atoms with Gasteiger partial charge in [0, 0.05) is 11.9 Å². The van der Waals surface area contributed by atoms with Crippen molar-refractivity contribution in [3.8, 4) is 0 Å². The van der Waals surface area contributed by atoms with Crippen LogP contribution in [0.25, 0.3) is 11.0 Å². The highest BCUT2D eigenvalue weighted by Gasteiger charge is 2.05. The largest absolute Gasteiger partial charge is 0.383 e. The minimum Gasteiger partial charge on any atom is -0.383 e. The fourth-order valence-corrected chi connectivity index (χ4v) is 1.39. The molecule has 0 amide bonds. The molecule has 0 radical (unpaired) electrons. The molecular formula is C11H13N5. The van der Waals surface area contributed by atoms with Gasteiger partial charge in [-0.1, -0.05) is 12.7 Å². The molecule has 0 aliphatic carbocycles. The predicted molar refractivity (Wildman–Crippen MR) is 65.9 cm³/mol. The van der Waals surface area contributed by atoms with Crippen molar-refractivity contribution in [3.05, 3.63) is 36.7 Å². The number of nitrogen functional groups attached to an aromatic ring is 1. The summed E-state index contributed by atoms with van der Waals surface area (Å²) in [6.45, 7) is 5.58. The van der Waals surface area contributed by atoms with E-state index in [0.717, 1.165) is 16.7 Å². The Morgan fingerprint density at radius 3 is 3.06 bits per heavy atom. The zero-order chi connectivity index (χ0) is 11.5. The zero-order valence-electron chi connectivity index (χ0n) is 8.99. The van der Waals surface area contributed by atoms with Crippen molar-refractivity contribution in [1.29, 1.82) is 0 Å². The summed E-state index contributed by atoms with van der Waals surface area (Å²) in [5.41, 5.74) is 7.36. The average Bonchev–Trinajstić information content (AvgIpc) is 2.74. The lowest BCUT2D eigenvalue weighted by molar-refractivity contribution is 1.18. The van der Waals surface area contributed by atoms with Gasteiger partial charge in [-0.2, -0.15) is 9.97 Å². The van der Waals surface area contributed by atoms with E-state index >= 15 is 0 Å². The highest BCUT2D eigenvalue weighted by molar-refractivity contribution is 5.86. The first-order valence-electron chi connectivity index (χ1n) is 4.91. The van der Waals surface area contributed by atoms with Crippen molar-refractivity contribution >= 4 is 22.8 Å². The zero-order valence-corrected chi connectivity index (χ0v) is 8.99. The molecule has 0 fully saturated rings. The van der Waals surface area contributed by atoms with Gasteiger partial charge in [0.2, 0.25) is 5.95 Å². The first kappa shape index (κ1) is 10.2. The summed E-state index contributed by atoms with van der Waals surface area (Å²) >= 11 is 0. The summed E-state index contributed by atoms with van der Waals surface area (Å²) in [4.78, 5) is 11.4. The van der Waals surface area contributed by atoms with Crippen LogP contribution < -0.4 is 11.1 Å². The number of nitrogens with two attached hydrogens (primary N) is 1. The third-order valence-electron chi connectivity index (χ3n) is 2.23. The number of nitrogens with zero attached hydrogens (tertiary/aromatic N) is 2. The number of hydrogen-bond donors (Lipinski definition) is 3. The van der Waals surface area contributed by atoms with Crippen LogP contribution >= 0.6 is 0 Å². The first-order valence-corrected chi connectivity index (χ1v) is 4.91. The molecule has 5 heteroatoms. The van der Waals surface area contributed by atoms with E-state index in [-0.39, 0.29) is 0 Å². The first-order chi connectivity index (χ1) is 7.74. The minimum atomic E-state index is 0.452. The number of aromatic amines is 1. The third-order valence-corrected chi connectivity index (χ3v) is 2.23. The lowest BCUT2D eigenvalue weighted by Gasteiger charge is -2.05. The molecule has 16 heavy (non-hydrogen) atoms. The Labute approximate surface area is 93.1 Å². The lowest BCUT2D eigenvalue weighted by atomic mass is 10.4. The van der Waals surface area contributed by atoms with Crippen molar-refractivity contribution in [3.63, 3.8) is 0 Å². The maximum absolute atomic E-state index is 5.80. The maximum Gasteiger partial charge on any atom is 0.231 e. The van der Waals surface area contributed by atoms with Crippen LogP contribution in [0.2, 0.25) is 0 Å². The fraction of sp³-hybridized carbons (Fsp3) is 0.0909. The van der Waals surface area contributed by atoms with Crippen LogP contribution in [0, 0.1) is 0 Å². The van der Waals surface area contributed by atoms with E-state index in [4.69, 9.17) is 5.73 Å². The summed E-state index contributed by atoms with van der Waals surface area (Å²) in [6, 6.07) is 1.85. The van der Waals surface area contributed by atoms with Gasteiger partial charge in [0.25, 0.3) is 0 Å². The molecule has 2 aromatic rings. The summed E-state index contributed by atoms with van der Waals surface area (Å²) in [7, 11) is 0. The van der Waals surface area contributed by atoms with Crippen LogP contribution in [0.1, 0.15) is 6.92 Å². The summed E-state index contributed by atoms with van der Waals surface area (Å²) in [5.74, 6) is 0.911. The van der Waals surface area contributed by atoms with Crippen LogP contribution in [-0.2, 0) is 0 Å². The molecule has 0 aliphatic heterocycles. The van der Waals surface area contributed by atoms with Crippen LogP contribution in [0.3, 0.4) is 0 Å². The van der Waals surface area contributed by atoms with Gasteiger partial charge in [-0.05, 0) is 19.1 Å². The van der Waals surface area contributed by atoms with E-state index in [1.165, 1.54) is 0 Å². The lowest BCUT2D eigenvalue weighted by Crippen LogP contribution is -2.04. The molecule has 82 valence electrons. The normalized spacial score (nSPS) is 11.7. The molecule has 0 bridgehead atoms. The molecule has 5 nitrogen and oxygen atoms in total. The molecule has 0 saturated carbocycles. The number of aromatic nitrogens is 3. The quantitative estimate of drug-likeness (QED) is 0.684. The molecule has 2 rings (SSSR count). The predicted octanol–water partition coefficient (Wildman–Crippen LogP) is 2.04. The fourth-order valence-electron chi connectivity index (χ4n) is 1.39. The van der Waals surface area contributed by atoms with Gasteiger partial charge in [0.1, 0.15) is 11.5 Å². The number of H-pyrrole nitrogens is 1. The van der Waals surface area contributed by atoms with Gasteiger partial charge in [0.15, 0.2) is 0 Å². The molecule has 2 aromatic heterocycles. The summed E-state index contributed by atoms with van der Waals surface area (Å²) < 4.78 is 0. The highest BCUT2D eigenvalue weighted by Crippen LogP contribution is 2.18. The van der Waals surface area contributed by atoms with E-state index in [2.05, 4.69) is 26.8 Å². The second kappa shape index (κ2) is 4.06. The Kier molecular flexibility index (Phi) is 2.59. The minimum absolute atomic E-state index is 0.452. The number of anilines is 2. The van der Waals surface area contributed by atoms with Gasteiger partial charge in [-0.25, -0.2) is 0 Å². The smallest absolute Gasteiger partial charge is 0.231 e.